The Morgan fingerprint density at radius 2 is 1.79 bits per heavy atom. The lowest BCUT2D eigenvalue weighted by molar-refractivity contribution is -0.135. The van der Waals surface area contributed by atoms with E-state index in [1.807, 2.05) is 42.2 Å². The topological polar surface area (TPSA) is 49.4 Å². The van der Waals surface area contributed by atoms with E-state index in [-0.39, 0.29) is 23.9 Å². The van der Waals surface area contributed by atoms with Crippen LogP contribution in [0.4, 0.5) is 0 Å². The molecule has 2 aromatic rings. The van der Waals surface area contributed by atoms with Gasteiger partial charge in [-0.3, -0.25) is 9.59 Å². The number of likely N-dealkylation sites (tertiary alicyclic amines) is 1. The van der Waals surface area contributed by atoms with Crippen molar-refractivity contribution in [1.29, 1.82) is 0 Å². The van der Waals surface area contributed by atoms with Crippen molar-refractivity contribution in [2.24, 2.45) is 0 Å². The summed E-state index contributed by atoms with van der Waals surface area (Å²) in [4.78, 5) is 27.0. The zero-order valence-electron chi connectivity index (χ0n) is 16.9. The summed E-state index contributed by atoms with van der Waals surface area (Å²) in [5.74, 6) is 0.0119. The van der Waals surface area contributed by atoms with E-state index in [1.165, 1.54) is 12.5 Å². The quantitative estimate of drug-likeness (QED) is 0.819. The molecule has 0 radical (unpaired) electrons. The molecule has 1 aliphatic rings. The predicted molar refractivity (Wildman–Crippen MR) is 112 cm³/mol. The van der Waals surface area contributed by atoms with E-state index in [9.17, 15) is 9.59 Å². The largest absolute Gasteiger partial charge is 0.349 e. The molecule has 1 saturated heterocycles. The van der Waals surface area contributed by atoms with Crippen LogP contribution in [0.3, 0.4) is 0 Å². The van der Waals surface area contributed by atoms with Crippen LogP contribution in [-0.4, -0.2) is 29.3 Å². The third kappa shape index (κ3) is 5.44. The zero-order valence-corrected chi connectivity index (χ0v) is 16.9. The van der Waals surface area contributed by atoms with Gasteiger partial charge in [-0.05, 0) is 43.7 Å². The van der Waals surface area contributed by atoms with Crippen LogP contribution in [0.25, 0.3) is 0 Å². The first-order valence-electron chi connectivity index (χ1n) is 10.2. The number of benzene rings is 2. The molecule has 0 bridgehead atoms. The van der Waals surface area contributed by atoms with Gasteiger partial charge in [-0.25, -0.2) is 0 Å². The van der Waals surface area contributed by atoms with Crippen LogP contribution in [0.1, 0.15) is 55.3 Å². The van der Waals surface area contributed by atoms with Gasteiger partial charge in [0.25, 0.3) is 0 Å². The van der Waals surface area contributed by atoms with E-state index >= 15 is 0 Å². The molecule has 1 N–H and O–H groups in total. The number of amides is 2. The van der Waals surface area contributed by atoms with Gasteiger partial charge >= 0.3 is 0 Å². The molecule has 148 valence electrons. The zero-order chi connectivity index (χ0) is 19.9. The van der Waals surface area contributed by atoms with E-state index in [1.54, 1.807) is 0 Å². The normalized spacial score (nSPS) is 17.8. The third-order valence-electron chi connectivity index (χ3n) is 5.50. The summed E-state index contributed by atoms with van der Waals surface area (Å²) >= 11 is 0. The number of hydrogen-bond donors (Lipinski definition) is 1. The fraction of sp³-hybridized carbons (Fsp3) is 0.417. The summed E-state index contributed by atoms with van der Waals surface area (Å²) in [6.07, 6.45) is 4.44. The molecule has 2 aromatic carbocycles. The molecular formula is C24H30N2O2. The van der Waals surface area contributed by atoms with Gasteiger partial charge in [0.15, 0.2) is 0 Å². The predicted octanol–water partition coefficient (Wildman–Crippen LogP) is 4.19. The number of carbonyl (C=O) groups excluding carboxylic acids is 2. The van der Waals surface area contributed by atoms with Gasteiger partial charge in [-0.1, -0.05) is 60.2 Å². The second kappa shape index (κ2) is 9.54. The highest BCUT2D eigenvalue weighted by atomic mass is 16.2. The first-order chi connectivity index (χ1) is 13.5. The van der Waals surface area contributed by atoms with Crippen molar-refractivity contribution in [2.75, 3.05) is 6.54 Å². The number of piperidine rings is 1. The number of nitrogens with one attached hydrogen (secondary N) is 1. The van der Waals surface area contributed by atoms with Gasteiger partial charge in [0.2, 0.25) is 11.8 Å². The number of aryl methyl sites for hydroxylation is 1. The van der Waals surface area contributed by atoms with Crippen LogP contribution >= 0.6 is 0 Å². The Morgan fingerprint density at radius 1 is 1.07 bits per heavy atom. The molecule has 2 amide bonds. The molecule has 0 saturated carbocycles. The number of rotatable bonds is 6. The molecule has 0 aromatic heterocycles. The van der Waals surface area contributed by atoms with E-state index in [0.717, 1.165) is 43.4 Å². The van der Waals surface area contributed by atoms with Crippen LogP contribution < -0.4 is 5.32 Å². The van der Waals surface area contributed by atoms with Crippen molar-refractivity contribution in [3.63, 3.8) is 0 Å². The van der Waals surface area contributed by atoms with Crippen LogP contribution in [0, 0.1) is 6.92 Å². The molecule has 1 aliphatic heterocycles. The molecule has 4 heteroatoms. The second-order valence-electron chi connectivity index (χ2n) is 7.79. The van der Waals surface area contributed by atoms with Crippen LogP contribution in [0.2, 0.25) is 0 Å². The summed E-state index contributed by atoms with van der Waals surface area (Å²) in [6.45, 7) is 4.34. The van der Waals surface area contributed by atoms with Gasteiger partial charge < -0.3 is 10.2 Å². The van der Waals surface area contributed by atoms with Crippen LogP contribution in [0.15, 0.2) is 54.6 Å². The standard InChI is InChI=1S/C24H30N2O2/c1-18-11-13-21(14-12-18)23(25-19(2)27)17-24(28)26-15-7-6-10-22(26)16-20-8-4-3-5-9-20/h3-5,8-9,11-14,22-23H,6-7,10,15-17H2,1-2H3,(H,25,27)/t22-,23+/m0/s1. The summed E-state index contributed by atoms with van der Waals surface area (Å²) in [5, 5.41) is 2.96. The van der Waals surface area contributed by atoms with Crippen LogP contribution in [0.5, 0.6) is 0 Å². The number of hydrogen-bond acceptors (Lipinski definition) is 2. The lowest BCUT2D eigenvalue weighted by Gasteiger charge is -2.37. The molecule has 0 aliphatic carbocycles. The summed E-state index contributed by atoms with van der Waals surface area (Å²) in [6, 6.07) is 18.4. The van der Waals surface area contributed by atoms with Crippen molar-refractivity contribution in [3.8, 4) is 0 Å². The Balaban J connectivity index is 1.73. The SMILES string of the molecule is CC(=O)N[C@H](CC(=O)N1CCCC[C@H]1Cc1ccccc1)c1ccc(C)cc1. The van der Waals surface area contributed by atoms with Crippen molar-refractivity contribution in [2.45, 2.75) is 58.0 Å². The second-order valence-corrected chi connectivity index (χ2v) is 7.79. The van der Waals surface area contributed by atoms with Crippen molar-refractivity contribution in [1.82, 2.24) is 10.2 Å². The van der Waals surface area contributed by atoms with E-state index in [0.29, 0.717) is 6.42 Å². The Labute approximate surface area is 167 Å². The molecule has 0 unspecified atom stereocenters. The van der Waals surface area contributed by atoms with Gasteiger partial charge in [0.05, 0.1) is 12.5 Å². The first-order valence-corrected chi connectivity index (χ1v) is 10.2. The van der Waals surface area contributed by atoms with Gasteiger partial charge in [-0.15, -0.1) is 0 Å². The van der Waals surface area contributed by atoms with Crippen molar-refractivity contribution in [3.05, 3.63) is 71.3 Å². The Kier molecular flexibility index (Phi) is 6.85. The number of nitrogens with zero attached hydrogens (tertiary/aromatic N) is 1. The Morgan fingerprint density at radius 3 is 2.46 bits per heavy atom. The van der Waals surface area contributed by atoms with Gasteiger partial charge in [0.1, 0.15) is 0 Å². The molecule has 1 fully saturated rings. The molecule has 0 spiro atoms. The van der Waals surface area contributed by atoms with Crippen molar-refractivity contribution < 1.29 is 9.59 Å². The lowest BCUT2D eigenvalue weighted by atomic mass is 9.94. The van der Waals surface area contributed by atoms with E-state index < -0.39 is 0 Å². The summed E-state index contributed by atoms with van der Waals surface area (Å²) in [5.41, 5.74) is 3.41. The average Bonchev–Trinajstić information content (AvgIpc) is 2.69. The van der Waals surface area contributed by atoms with Crippen LogP contribution in [-0.2, 0) is 16.0 Å². The minimum atomic E-state index is -0.287. The molecule has 3 rings (SSSR count). The number of carbonyl (C=O) groups is 2. The van der Waals surface area contributed by atoms with Gasteiger partial charge in [-0.2, -0.15) is 0 Å². The first kappa shape index (κ1) is 20.1. The summed E-state index contributed by atoms with van der Waals surface area (Å²) in [7, 11) is 0. The molecule has 28 heavy (non-hydrogen) atoms. The highest BCUT2D eigenvalue weighted by molar-refractivity contribution is 5.79. The van der Waals surface area contributed by atoms with E-state index in [2.05, 4.69) is 29.6 Å². The highest BCUT2D eigenvalue weighted by Crippen LogP contribution is 2.25. The molecule has 2 atom stereocenters. The maximum atomic E-state index is 13.2. The fourth-order valence-corrected chi connectivity index (χ4v) is 4.02. The fourth-order valence-electron chi connectivity index (χ4n) is 4.02. The smallest absolute Gasteiger partial charge is 0.225 e. The summed E-state index contributed by atoms with van der Waals surface area (Å²) < 4.78 is 0. The maximum Gasteiger partial charge on any atom is 0.225 e. The monoisotopic (exact) mass is 378 g/mol. The van der Waals surface area contributed by atoms with Gasteiger partial charge in [0, 0.05) is 19.5 Å². The maximum absolute atomic E-state index is 13.2. The Hall–Kier alpha value is -2.62. The van der Waals surface area contributed by atoms with E-state index in [4.69, 9.17) is 0 Å². The minimum absolute atomic E-state index is 0.113. The molecule has 1 heterocycles. The molecular weight excluding hydrogens is 348 g/mol. The average molecular weight is 379 g/mol. The minimum Gasteiger partial charge on any atom is -0.349 e. The Bertz CT molecular complexity index is 786. The van der Waals surface area contributed by atoms with Crippen molar-refractivity contribution >= 4 is 11.8 Å². The highest BCUT2D eigenvalue weighted by Gasteiger charge is 2.29. The third-order valence-corrected chi connectivity index (χ3v) is 5.50. The molecule has 4 nitrogen and oxygen atoms in total. The lowest BCUT2D eigenvalue weighted by Crippen LogP contribution is -2.46.